The molecular formula is C10H15O8P. The van der Waals surface area contributed by atoms with Crippen LogP contribution in [0.25, 0.3) is 0 Å². The Bertz CT molecular complexity index is 433. The highest BCUT2D eigenvalue weighted by atomic mass is 31.2. The van der Waals surface area contributed by atoms with Gasteiger partial charge in [-0.15, -0.1) is 0 Å². The largest absolute Gasteiger partial charge is 0.493 e. The van der Waals surface area contributed by atoms with Crippen molar-refractivity contribution in [3.8, 4) is 17.2 Å². The molecule has 1 aromatic rings. The van der Waals surface area contributed by atoms with Crippen molar-refractivity contribution >= 4 is 14.1 Å². The zero-order valence-electron chi connectivity index (χ0n) is 10.6. The Morgan fingerprint density at radius 2 is 1.37 bits per heavy atom. The normalized spacial score (nSPS) is 10.0. The first kappa shape index (κ1) is 17.4. The second-order valence-corrected chi connectivity index (χ2v) is 4.12. The molecule has 0 aliphatic carbocycles. The molecule has 0 heterocycles. The number of aldehydes is 1. The summed E-state index contributed by atoms with van der Waals surface area (Å²) < 4.78 is 24.1. The monoisotopic (exact) mass is 294 g/mol. The van der Waals surface area contributed by atoms with Crippen molar-refractivity contribution < 1.29 is 38.3 Å². The van der Waals surface area contributed by atoms with Gasteiger partial charge in [-0.2, -0.15) is 0 Å². The summed E-state index contributed by atoms with van der Waals surface area (Å²) in [5, 5.41) is 0. The fraction of sp³-hybridized carbons (Fsp3) is 0.300. The molecule has 0 saturated heterocycles. The molecule has 0 atom stereocenters. The maximum Gasteiger partial charge on any atom is 0.466 e. The first-order valence-corrected chi connectivity index (χ1v) is 6.36. The first-order valence-electron chi connectivity index (χ1n) is 4.80. The zero-order chi connectivity index (χ0) is 15.1. The topological polar surface area (TPSA) is 123 Å². The van der Waals surface area contributed by atoms with E-state index in [0.29, 0.717) is 22.8 Å². The number of benzene rings is 1. The molecule has 0 saturated carbocycles. The van der Waals surface area contributed by atoms with Gasteiger partial charge in [0.25, 0.3) is 0 Å². The Balaban J connectivity index is 0.000000555. The Labute approximate surface area is 109 Å². The van der Waals surface area contributed by atoms with Crippen molar-refractivity contribution in [1.82, 2.24) is 0 Å². The summed E-state index contributed by atoms with van der Waals surface area (Å²) in [5.41, 5.74) is 0.486. The van der Waals surface area contributed by atoms with Crippen molar-refractivity contribution in [3.63, 3.8) is 0 Å². The van der Waals surface area contributed by atoms with Crippen LogP contribution in [0.5, 0.6) is 17.2 Å². The van der Waals surface area contributed by atoms with Crippen LogP contribution < -0.4 is 14.2 Å². The van der Waals surface area contributed by atoms with E-state index in [4.69, 9.17) is 33.5 Å². The van der Waals surface area contributed by atoms with E-state index in [0.717, 1.165) is 6.29 Å². The fourth-order valence-electron chi connectivity index (χ4n) is 1.17. The van der Waals surface area contributed by atoms with Gasteiger partial charge in [-0.1, -0.05) is 0 Å². The third kappa shape index (κ3) is 6.78. The minimum atomic E-state index is -4.64. The number of ether oxygens (including phenoxy) is 3. The van der Waals surface area contributed by atoms with Gasteiger partial charge >= 0.3 is 7.82 Å². The molecule has 8 nitrogen and oxygen atoms in total. The van der Waals surface area contributed by atoms with E-state index in [1.54, 1.807) is 12.1 Å². The average molecular weight is 294 g/mol. The smallest absolute Gasteiger partial charge is 0.466 e. The molecule has 1 rings (SSSR count). The molecule has 1 aromatic carbocycles. The van der Waals surface area contributed by atoms with Gasteiger partial charge in [0.15, 0.2) is 11.5 Å². The van der Waals surface area contributed by atoms with Crippen LogP contribution in [0.2, 0.25) is 0 Å². The van der Waals surface area contributed by atoms with Gasteiger partial charge in [-0.05, 0) is 12.1 Å². The van der Waals surface area contributed by atoms with E-state index in [1.807, 2.05) is 0 Å². The number of carbonyl (C=O) groups is 1. The molecule has 19 heavy (non-hydrogen) atoms. The van der Waals surface area contributed by atoms with Crippen molar-refractivity contribution in [2.75, 3.05) is 21.3 Å². The summed E-state index contributed by atoms with van der Waals surface area (Å²) in [5.74, 6) is 1.45. The van der Waals surface area contributed by atoms with Gasteiger partial charge in [0, 0.05) is 5.56 Å². The molecule has 108 valence electrons. The maximum atomic E-state index is 10.6. The molecule has 9 heteroatoms. The lowest BCUT2D eigenvalue weighted by Crippen LogP contribution is -1.96. The summed E-state index contributed by atoms with van der Waals surface area (Å²) in [6.07, 6.45) is 0.727. The summed E-state index contributed by atoms with van der Waals surface area (Å²) in [4.78, 5) is 32.2. The van der Waals surface area contributed by atoms with Crippen LogP contribution in [0, 0.1) is 0 Å². The van der Waals surface area contributed by atoms with Gasteiger partial charge in [0.1, 0.15) is 6.29 Å². The highest BCUT2D eigenvalue weighted by Crippen LogP contribution is 2.37. The average Bonchev–Trinajstić information content (AvgIpc) is 2.34. The Morgan fingerprint density at radius 1 is 1.00 bits per heavy atom. The zero-order valence-corrected chi connectivity index (χ0v) is 11.5. The molecule has 0 aromatic heterocycles. The number of methoxy groups -OCH3 is 3. The van der Waals surface area contributed by atoms with E-state index in [9.17, 15) is 4.79 Å². The Kier molecular flexibility index (Phi) is 7.10. The molecule has 3 N–H and O–H groups in total. The standard InChI is InChI=1S/C10H12O4.H3O4P/c1-12-8-4-7(6-11)5-9(13-2)10(8)14-3;1-5(2,3)4/h4-6H,1-3H3;(H3,1,2,3,4). The minimum absolute atomic E-state index is 0.481. The van der Waals surface area contributed by atoms with Gasteiger partial charge in [-0.25, -0.2) is 4.57 Å². The number of hydrogen-bond acceptors (Lipinski definition) is 5. The van der Waals surface area contributed by atoms with E-state index in [1.165, 1.54) is 21.3 Å². The molecular weight excluding hydrogens is 279 g/mol. The predicted molar refractivity (Wildman–Crippen MR) is 65.7 cm³/mol. The third-order valence-corrected chi connectivity index (χ3v) is 1.82. The van der Waals surface area contributed by atoms with Crippen LogP contribution in [0.3, 0.4) is 0 Å². The molecule has 0 aliphatic rings. The third-order valence-electron chi connectivity index (χ3n) is 1.82. The van der Waals surface area contributed by atoms with Crippen LogP contribution in [0.1, 0.15) is 10.4 Å². The number of carbonyl (C=O) groups excluding carboxylic acids is 1. The Hall–Kier alpha value is -1.60. The van der Waals surface area contributed by atoms with Crippen LogP contribution >= 0.6 is 7.82 Å². The number of hydrogen-bond donors (Lipinski definition) is 3. The molecule has 0 aliphatic heterocycles. The molecule has 0 bridgehead atoms. The van der Waals surface area contributed by atoms with Crippen LogP contribution in [0.4, 0.5) is 0 Å². The number of phosphoric acid groups is 1. The molecule has 0 unspecified atom stereocenters. The van der Waals surface area contributed by atoms with Crippen LogP contribution in [0.15, 0.2) is 12.1 Å². The maximum absolute atomic E-state index is 10.6. The van der Waals surface area contributed by atoms with E-state index in [-0.39, 0.29) is 0 Å². The molecule has 0 spiro atoms. The van der Waals surface area contributed by atoms with Gasteiger partial charge in [0.2, 0.25) is 5.75 Å². The van der Waals surface area contributed by atoms with Crippen molar-refractivity contribution in [2.45, 2.75) is 0 Å². The van der Waals surface area contributed by atoms with Gasteiger partial charge in [0.05, 0.1) is 21.3 Å². The SMILES string of the molecule is COc1cc(C=O)cc(OC)c1OC.O=P(O)(O)O. The second-order valence-electron chi connectivity index (χ2n) is 3.09. The van der Waals surface area contributed by atoms with Crippen LogP contribution in [-0.2, 0) is 4.57 Å². The van der Waals surface area contributed by atoms with E-state index in [2.05, 4.69) is 0 Å². The second kappa shape index (κ2) is 7.75. The summed E-state index contributed by atoms with van der Waals surface area (Å²) in [6, 6.07) is 3.18. The highest BCUT2D eigenvalue weighted by molar-refractivity contribution is 7.45. The summed E-state index contributed by atoms with van der Waals surface area (Å²) in [6.45, 7) is 0. The predicted octanol–water partition coefficient (Wildman–Crippen LogP) is 0.596. The fourth-order valence-corrected chi connectivity index (χ4v) is 1.17. The van der Waals surface area contributed by atoms with Gasteiger partial charge < -0.3 is 28.9 Å². The van der Waals surface area contributed by atoms with Gasteiger partial charge in [-0.3, -0.25) is 4.79 Å². The Morgan fingerprint density at radius 3 is 1.58 bits per heavy atom. The first-order chi connectivity index (χ1) is 8.76. The van der Waals surface area contributed by atoms with Crippen molar-refractivity contribution in [2.24, 2.45) is 0 Å². The highest BCUT2D eigenvalue weighted by Gasteiger charge is 2.12. The molecule has 0 fully saturated rings. The summed E-state index contributed by atoms with van der Waals surface area (Å²) in [7, 11) is -0.112. The summed E-state index contributed by atoms with van der Waals surface area (Å²) >= 11 is 0. The lowest BCUT2D eigenvalue weighted by molar-refractivity contribution is 0.112. The minimum Gasteiger partial charge on any atom is -0.493 e. The van der Waals surface area contributed by atoms with Crippen molar-refractivity contribution in [3.05, 3.63) is 17.7 Å². The van der Waals surface area contributed by atoms with Crippen molar-refractivity contribution in [1.29, 1.82) is 0 Å². The number of rotatable bonds is 4. The molecule has 0 amide bonds. The quantitative estimate of drug-likeness (QED) is 0.545. The molecule has 0 radical (unpaired) electrons. The lowest BCUT2D eigenvalue weighted by Gasteiger charge is -2.11. The van der Waals surface area contributed by atoms with E-state index < -0.39 is 7.82 Å². The lowest BCUT2D eigenvalue weighted by atomic mass is 10.2. The van der Waals surface area contributed by atoms with E-state index >= 15 is 0 Å². The van der Waals surface area contributed by atoms with Crippen LogP contribution in [-0.4, -0.2) is 42.3 Å².